The molecule has 0 aliphatic heterocycles. The molecule has 0 fully saturated rings. The number of ether oxygens (including phenoxy) is 1. The van der Waals surface area contributed by atoms with Crippen molar-refractivity contribution in [1.29, 1.82) is 0 Å². The van der Waals surface area contributed by atoms with Gasteiger partial charge in [0.05, 0.1) is 18.8 Å². The lowest BCUT2D eigenvalue weighted by atomic mass is 10.3. The van der Waals surface area contributed by atoms with Crippen molar-refractivity contribution in [2.24, 2.45) is 0 Å². The molecule has 0 spiro atoms. The Labute approximate surface area is 99.7 Å². The molecule has 1 atom stereocenters. The third-order valence-corrected chi connectivity index (χ3v) is 2.32. The van der Waals surface area contributed by atoms with Crippen LogP contribution in [0.3, 0.4) is 0 Å². The molecule has 0 saturated carbocycles. The molecular weight excluding hydrogens is 218 g/mol. The van der Waals surface area contributed by atoms with Crippen molar-refractivity contribution in [2.75, 3.05) is 6.61 Å². The summed E-state index contributed by atoms with van der Waals surface area (Å²) in [6.45, 7) is 2.79. The second-order valence-electron chi connectivity index (χ2n) is 3.74. The summed E-state index contributed by atoms with van der Waals surface area (Å²) in [5.41, 5.74) is 0.574. The minimum atomic E-state index is -0.584. The molecule has 1 N–H and O–H groups in total. The molecule has 1 aromatic heterocycles. The van der Waals surface area contributed by atoms with Crippen molar-refractivity contribution < 1.29 is 9.84 Å². The van der Waals surface area contributed by atoms with E-state index in [1.54, 1.807) is 17.8 Å². The summed E-state index contributed by atoms with van der Waals surface area (Å²) in [7, 11) is 0. The molecule has 1 aromatic carbocycles. The van der Waals surface area contributed by atoms with E-state index in [1.165, 1.54) is 0 Å². The Bertz CT molecular complexity index is 454. The molecule has 5 nitrogen and oxygen atoms in total. The highest BCUT2D eigenvalue weighted by molar-refractivity contribution is 5.20. The van der Waals surface area contributed by atoms with Gasteiger partial charge in [-0.2, -0.15) is 0 Å². The van der Waals surface area contributed by atoms with E-state index in [2.05, 4.69) is 10.3 Å². The zero-order valence-corrected chi connectivity index (χ0v) is 9.65. The van der Waals surface area contributed by atoms with E-state index in [0.29, 0.717) is 18.8 Å². The van der Waals surface area contributed by atoms with Gasteiger partial charge >= 0.3 is 0 Å². The second-order valence-corrected chi connectivity index (χ2v) is 3.74. The summed E-state index contributed by atoms with van der Waals surface area (Å²) < 4.78 is 7.19. The predicted molar refractivity (Wildman–Crippen MR) is 62.6 cm³/mol. The molecule has 0 aliphatic rings. The number of aliphatic hydroxyl groups excluding tert-OH is 1. The number of rotatable bonds is 5. The Morgan fingerprint density at radius 1 is 1.35 bits per heavy atom. The molecule has 0 aliphatic carbocycles. The normalized spacial score (nSPS) is 12.4. The smallest absolute Gasteiger partial charge is 0.119 e. The van der Waals surface area contributed by atoms with Crippen molar-refractivity contribution >= 4 is 0 Å². The quantitative estimate of drug-likeness (QED) is 0.848. The zero-order valence-electron chi connectivity index (χ0n) is 9.65. The van der Waals surface area contributed by atoms with Crippen LogP contribution >= 0.6 is 0 Å². The standard InChI is InChI=1S/C12H15N3O2/c1-10(16)12-9-15(14-13-12)7-8-17-11-5-3-2-4-6-11/h2-6,9-10,16H,7-8H2,1H3. The molecule has 2 aromatic rings. The van der Waals surface area contributed by atoms with Crippen LogP contribution in [-0.2, 0) is 6.54 Å². The van der Waals surface area contributed by atoms with Crippen LogP contribution in [-0.4, -0.2) is 26.7 Å². The molecule has 17 heavy (non-hydrogen) atoms. The highest BCUT2D eigenvalue weighted by atomic mass is 16.5. The van der Waals surface area contributed by atoms with Gasteiger partial charge in [-0.05, 0) is 19.1 Å². The molecule has 0 bridgehead atoms. The van der Waals surface area contributed by atoms with Crippen LogP contribution in [0.2, 0.25) is 0 Å². The van der Waals surface area contributed by atoms with Gasteiger partial charge < -0.3 is 9.84 Å². The minimum absolute atomic E-state index is 0.520. The van der Waals surface area contributed by atoms with E-state index >= 15 is 0 Å². The summed E-state index contributed by atoms with van der Waals surface area (Å²) in [6.07, 6.45) is 1.14. The van der Waals surface area contributed by atoms with Crippen LogP contribution in [0.1, 0.15) is 18.7 Å². The average Bonchev–Trinajstić information content (AvgIpc) is 2.79. The topological polar surface area (TPSA) is 60.2 Å². The van der Waals surface area contributed by atoms with Gasteiger partial charge in [0.1, 0.15) is 18.1 Å². The lowest BCUT2D eigenvalue weighted by molar-refractivity contribution is 0.194. The van der Waals surface area contributed by atoms with Gasteiger partial charge in [-0.3, -0.25) is 0 Å². The van der Waals surface area contributed by atoms with Crippen molar-refractivity contribution in [1.82, 2.24) is 15.0 Å². The summed E-state index contributed by atoms with van der Waals surface area (Å²) in [5.74, 6) is 0.836. The van der Waals surface area contributed by atoms with Crippen molar-refractivity contribution in [3.8, 4) is 5.75 Å². The molecule has 0 radical (unpaired) electrons. The first-order chi connectivity index (χ1) is 8.25. The number of aromatic nitrogens is 3. The first kappa shape index (κ1) is 11.6. The Balaban J connectivity index is 1.82. The summed E-state index contributed by atoms with van der Waals surface area (Å²) in [6, 6.07) is 9.61. The van der Waals surface area contributed by atoms with E-state index in [0.717, 1.165) is 5.75 Å². The summed E-state index contributed by atoms with van der Waals surface area (Å²) in [5, 5.41) is 17.0. The molecule has 5 heteroatoms. The van der Waals surface area contributed by atoms with E-state index in [-0.39, 0.29) is 0 Å². The largest absolute Gasteiger partial charge is 0.492 e. The number of para-hydroxylation sites is 1. The lowest BCUT2D eigenvalue weighted by Gasteiger charge is -2.05. The van der Waals surface area contributed by atoms with E-state index in [9.17, 15) is 5.11 Å². The maximum atomic E-state index is 9.29. The van der Waals surface area contributed by atoms with Gasteiger partial charge in [0.25, 0.3) is 0 Å². The van der Waals surface area contributed by atoms with Crippen LogP contribution in [0.5, 0.6) is 5.75 Å². The fourth-order valence-corrected chi connectivity index (χ4v) is 1.39. The van der Waals surface area contributed by atoms with Gasteiger partial charge in [0, 0.05) is 0 Å². The highest BCUT2D eigenvalue weighted by Gasteiger charge is 2.05. The Hall–Kier alpha value is -1.88. The number of benzene rings is 1. The third-order valence-electron chi connectivity index (χ3n) is 2.32. The molecular formula is C12H15N3O2. The van der Waals surface area contributed by atoms with Crippen molar-refractivity contribution in [3.63, 3.8) is 0 Å². The predicted octanol–water partition coefficient (Wildman–Crippen LogP) is 1.41. The maximum Gasteiger partial charge on any atom is 0.119 e. The number of aliphatic hydroxyl groups is 1. The zero-order chi connectivity index (χ0) is 12.1. The molecule has 90 valence electrons. The fourth-order valence-electron chi connectivity index (χ4n) is 1.39. The number of hydrogen-bond acceptors (Lipinski definition) is 4. The van der Waals surface area contributed by atoms with Crippen molar-refractivity contribution in [3.05, 3.63) is 42.2 Å². The Kier molecular flexibility index (Phi) is 3.72. The first-order valence-corrected chi connectivity index (χ1v) is 5.51. The van der Waals surface area contributed by atoms with Crippen LogP contribution in [0.15, 0.2) is 36.5 Å². The first-order valence-electron chi connectivity index (χ1n) is 5.51. The maximum absolute atomic E-state index is 9.29. The van der Waals surface area contributed by atoms with Gasteiger partial charge in [0.2, 0.25) is 0 Å². The van der Waals surface area contributed by atoms with Crippen molar-refractivity contribution in [2.45, 2.75) is 19.6 Å². The van der Waals surface area contributed by atoms with Crippen LogP contribution in [0.25, 0.3) is 0 Å². The Morgan fingerprint density at radius 3 is 2.76 bits per heavy atom. The monoisotopic (exact) mass is 233 g/mol. The number of hydrogen-bond donors (Lipinski definition) is 1. The van der Waals surface area contributed by atoms with Gasteiger partial charge in [-0.25, -0.2) is 4.68 Å². The minimum Gasteiger partial charge on any atom is -0.492 e. The number of nitrogens with zero attached hydrogens (tertiary/aromatic N) is 3. The van der Waals surface area contributed by atoms with E-state index < -0.39 is 6.10 Å². The van der Waals surface area contributed by atoms with Crippen LogP contribution in [0.4, 0.5) is 0 Å². The lowest BCUT2D eigenvalue weighted by Crippen LogP contribution is -2.08. The van der Waals surface area contributed by atoms with E-state index in [1.807, 2.05) is 30.3 Å². The fraction of sp³-hybridized carbons (Fsp3) is 0.333. The van der Waals surface area contributed by atoms with Crippen LogP contribution in [0, 0.1) is 0 Å². The molecule has 2 rings (SSSR count). The summed E-state index contributed by atoms with van der Waals surface area (Å²) >= 11 is 0. The molecule has 1 heterocycles. The van der Waals surface area contributed by atoms with E-state index in [4.69, 9.17) is 4.74 Å². The van der Waals surface area contributed by atoms with Crippen LogP contribution < -0.4 is 4.74 Å². The third kappa shape index (κ3) is 3.29. The Morgan fingerprint density at radius 2 is 2.12 bits per heavy atom. The highest BCUT2D eigenvalue weighted by Crippen LogP contribution is 2.09. The SMILES string of the molecule is CC(O)c1cn(CCOc2ccccc2)nn1. The molecule has 0 amide bonds. The average molecular weight is 233 g/mol. The van der Waals surface area contributed by atoms with Gasteiger partial charge in [-0.1, -0.05) is 23.4 Å². The summed E-state index contributed by atoms with van der Waals surface area (Å²) in [4.78, 5) is 0. The van der Waals surface area contributed by atoms with Gasteiger partial charge in [-0.15, -0.1) is 5.10 Å². The molecule has 0 saturated heterocycles. The second kappa shape index (κ2) is 5.45. The molecule has 1 unspecified atom stereocenters. The van der Waals surface area contributed by atoms with Gasteiger partial charge in [0.15, 0.2) is 0 Å².